The molecule has 0 aromatic heterocycles. The van der Waals surface area contributed by atoms with Gasteiger partial charge in [-0.1, -0.05) is 59.7 Å². The Hall–Kier alpha value is -1.52. The molecule has 0 bridgehead atoms. The minimum atomic E-state index is -4.39. The molecule has 0 saturated carbocycles. The molecule has 0 atom stereocenters. The first-order valence-electron chi connectivity index (χ1n) is 9.69. The molecule has 33 heavy (non-hydrogen) atoms. The second kappa shape index (κ2) is 10.4. The van der Waals surface area contributed by atoms with Crippen molar-refractivity contribution in [3.8, 4) is 0 Å². The Bertz CT molecular complexity index is 1440. The topological polar surface area (TPSA) is 114 Å². The first kappa shape index (κ1) is 27.7. The summed E-state index contributed by atoms with van der Waals surface area (Å²) in [5.41, 5.74) is 3.19. The maximum Gasteiger partial charge on any atom is 2.00 e. The van der Waals surface area contributed by atoms with Crippen LogP contribution in [0.2, 0.25) is 0 Å². The van der Waals surface area contributed by atoms with Crippen molar-refractivity contribution in [1.29, 1.82) is 0 Å². The van der Waals surface area contributed by atoms with Crippen LogP contribution in [0.4, 0.5) is 0 Å². The van der Waals surface area contributed by atoms with Crippen molar-refractivity contribution >= 4 is 79.5 Å². The van der Waals surface area contributed by atoms with Gasteiger partial charge in [-0.15, -0.1) is 0 Å². The van der Waals surface area contributed by atoms with E-state index in [9.17, 15) is 25.9 Å². The van der Waals surface area contributed by atoms with Crippen LogP contribution in [0.3, 0.4) is 0 Å². The van der Waals surface area contributed by atoms with Gasteiger partial charge in [0.05, 0.1) is 9.79 Å². The average Bonchev–Trinajstić information content (AvgIpc) is 2.65. The fourth-order valence-electron chi connectivity index (χ4n) is 3.56. The molecule has 0 aliphatic heterocycles. The Balaban J connectivity index is 0.000000227. The monoisotopic (exact) mass is 510 g/mol. The molecule has 168 valence electrons. The number of benzene rings is 4. The molecule has 0 heterocycles. The molecule has 6 nitrogen and oxygen atoms in total. The minimum absolute atomic E-state index is 0. The van der Waals surface area contributed by atoms with E-state index in [2.05, 4.69) is 0 Å². The summed E-state index contributed by atoms with van der Waals surface area (Å²) in [5, 5.41) is 3.44. The Morgan fingerprint density at radius 1 is 0.515 bits per heavy atom. The summed E-state index contributed by atoms with van der Waals surface area (Å²) >= 11 is 0. The van der Waals surface area contributed by atoms with Gasteiger partial charge >= 0.3 is 37.7 Å². The summed E-state index contributed by atoms with van der Waals surface area (Å²) in [6.45, 7) is 7.19. The van der Waals surface area contributed by atoms with Crippen molar-refractivity contribution in [3.05, 3.63) is 82.9 Å². The molecular formula is C24H22CaO6S2. The normalized spacial score (nSPS) is 11.6. The van der Waals surface area contributed by atoms with Crippen molar-refractivity contribution < 1.29 is 25.9 Å². The first-order chi connectivity index (χ1) is 14.8. The summed E-state index contributed by atoms with van der Waals surface area (Å²) in [6, 6.07) is 17.7. The van der Waals surface area contributed by atoms with Crippen LogP contribution in [-0.2, 0) is 20.2 Å². The molecule has 0 fully saturated rings. The summed E-state index contributed by atoms with van der Waals surface area (Å²) in [5.74, 6) is 0. The van der Waals surface area contributed by atoms with Gasteiger partial charge < -0.3 is 9.11 Å². The van der Waals surface area contributed by atoms with Gasteiger partial charge in [-0.05, 0) is 72.5 Å². The Morgan fingerprint density at radius 3 is 1.15 bits per heavy atom. The third-order valence-corrected chi connectivity index (χ3v) is 7.07. The van der Waals surface area contributed by atoms with Crippen molar-refractivity contribution in [2.75, 3.05) is 0 Å². The van der Waals surface area contributed by atoms with E-state index in [4.69, 9.17) is 0 Å². The van der Waals surface area contributed by atoms with E-state index in [0.717, 1.165) is 32.7 Å². The number of hydrogen-bond donors (Lipinski definition) is 0. The van der Waals surface area contributed by atoms with E-state index in [0.29, 0.717) is 11.1 Å². The van der Waals surface area contributed by atoms with E-state index < -0.39 is 20.2 Å². The molecule has 0 spiro atoms. The molecule has 4 aromatic rings. The van der Waals surface area contributed by atoms with Crippen molar-refractivity contribution in [2.45, 2.75) is 37.5 Å². The van der Waals surface area contributed by atoms with E-state index in [1.807, 2.05) is 50.2 Å². The fourth-order valence-corrected chi connectivity index (χ4v) is 5.01. The molecular weight excluding hydrogens is 488 g/mol. The van der Waals surface area contributed by atoms with Crippen LogP contribution in [0.5, 0.6) is 0 Å². The number of rotatable bonds is 2. The van der Waals surface area contributed by atoms with Crippen molar-refractivity contribution in [3.63, 3.8) is 0 Å². The smallest absolute Gasteiger partial charge is 0.744 e. The molecule has 0 amide bonds. The Morgan fingerprint density at radius 2 is 0.848 bits per heavy atom. The summed E-state index contributed by atoms with van der Waals surface area (Å²) in [7, 11) is -8.77. The zero-order chi connectivity index (χ0) is 23.8. The third-order valence-electron chi connectivity index (χ3n) is 5.12. The van der Waals surface area contributed by atoms with Crippen molar-refractivity contribution in [2.24, 2.45) is 0 Å². The standard InChI is InChI=1S/2C12H12O3S.Ca/c2*1-8-3-4-10-7-12(16(13,14)15)9(2)6-11(10)5-8;/h2*3-7H,1-2H3,(H,13,14,15);/q;;+2/p-2. The van der Waals surface area contributed by atoms with Crippen LogP contribution >= 0.6 is 0 Å². The van der Waals surface area contributed by atoms with Crippen LogP contribution in [0, 0.1) is 27.7 Å². The van der Waals surface area contributed by atoms with E-state index >= 15 is 0 Å². The van der Waals surface area contributed by atoms with Crippen LogP contribution in [-0.4, -0.2) is 63.7 Å². The minimum Gasteiger partial charge on any atom is -0.744 e. The van der Waals surface area contributed by atoms with Gasteiger partial charge in [0.1, 0.15) is 20.2 Å². The predicted octanol–water partition coefficient (Wildman–Crippen LogP) is 4.34. The molecule has 4 aromatic carbocycles. The van der Waals surface area contributed by atoms with Gasteiger partial charge in [-0.3, -0.25) is 0 Å². The van der Waals surface area contributed by atoms with Crippen LogP contribution in [0.1, 0.15) is 22.3 Å². The van der Waals surface area contributed by atoms with Crippen molar-refractivity contribution in [1.82, 2.24) is 0 Å². The van der Waals surface area contributed by atoms with Crippen LogP contribution < -0.4 is 0 Å². The van der Waals surface area contributed by atoms with Crippen LogP contribution in [0.15, 0.2) is 70.5 Å². The zero-order valence-electron chi connectivity index (χ0n) is 18.7. The Labute approximate surface area is 224 Å². The maximum atomic E-state index is 11.0. The van der Waals surface area contributed by atoms with Gasteiger partial charge in [-0.25, -0.2) is 16.8 Å². The number of fused-ring (bicyclic) bond motifs is 2. The molecule has 0 N–H and O–H groups in total. The SMILES string of the molecule is Cc1ccc2cc(S(=O)(=O)[O-])c(C)cc2c1.Cc1ccc2cc(S(=O)(=O)[O-])c(C)cc2c1.[Ca+2]. The number of hydrogen-bond acceptors (Lipinski definition) is 6. The number of aryl methyl sites for hydroxylation is 4. The van der Waals surface area contributed by atoms with Gasteiger partial charge in [0.15, 0.2) is 0 Å². The van der Waals surface area contributed by atoms with E-state index in [-0.39, 0.29) is 47.5 Å². The Kier molecular flexibility index (Phi) is 8.73. The van der Waals surface area contributed by atoms with Gasteiger partial charge in [0.2, 0.25) is 0 Å². The second-order valence-electron chi connectivity index (χ2n) is 7.84. The molecule has 0 saturated heterocycles. The summed E-state index contributed by atoms with van der Waals surface area (Å²) < 4.78 is 66.1. The summed E-state index contributed by atoms with van der Waals surface area (Å²) in [6.07, 6.45) is 0. The molecule has 0 radical (unpaired) electrons. The molecule has 0 unspecified atom stereocenters. The average molecular weight is 511 g/mol. The van der Waals surface area contributed by atoms with E-state index in [1.54, 1.807) is 26.0 Å². The first-order valence-corrected chi connectivity index (χ1v) is 12.5. The zero-order valence-corrected chi connectivity index (χ0v) is 22.6. The van der Waals surface area contributed by atoms with E-state index in [1.165, 1.54) is 12.1 Å². The van der Waals surface area contributed by atoms with Gasteiger partial charge in [0.25, 0.3) is 0 Å². The third kappa shape index (κ3) is 6.76. The quantitative estimate of drug-likeness (QED) is 0.293. The van der Waals surface area contributed by atoms with Gasteiger partial charge in [0, 0.05) is 0 Å². The molecule has 9 heteroatoms. The maximum absolute atomic E-state index is 11.0. The van der Waals surface area contributed by atoms with Crippen LogP contribution in [0.25, 0.3) is 21.5 Å². The largest absolute Gasteiger partial charge is 2.00 e. The predicted molar refractivity (Wildman–Crippen MR) is 129 cm³/mol. The fraction of sp³-hybridized carbons (Fsp3) is 0.167. The second-order valence-corrected chi connectivity index (χ2v) is 10.5. The van der Waals surface area contributed by atoms with Gasteiger partial charge in [-0.2, -0.15) is 0 Å². The summed E-state index contributed by atoms with van der Waals surface area (Å²) in [4.78, 5) is -0.271. The molecule has 4 rings (SSSR count). The molecule has 0 aliphatic carbocycles. The molecule has 0 aliphatic rings.